The first kappa shape index (κ1) is 34.9. The van der Waals surface area contributed by atoms with Crippen LogP contribution in [-0.2, 0) is 18.9 Å². The van der Waals surface area contributed by atoms with Crippen LogP contribution < -0.4 is 0 Å². The molecule has 11 nitrogen and oxygen atoms in total. The molecule has 0 amide bonds. The second-order valence-electron chi connectivity index (χ2n) is 14.4. The standard InChI is InChI=1S/C32H54O11/c1-8-31(6,39)13-11-18-16(2)9-10-20-30(4,5)21(12-14-32(18,20)7)42-29-27(25(37)23(35)19(15-33)41-29)43-28-26(38)24(36)22(34)17(3)40-28/h8,17-29,33-39H,1-2,9-15H2,3-7H3/t17-,18-,19+,20?,21-,22-,23+,24+,25-,26+,27+,28-,29-,31+,32+/m0/s1. The molecule has 0 aromatic carbocycles. The second kappa shape index (κ2) is 13.0. The topological polar surface area (TPSA) is 179 Å². The molecule has 2 saturated carbocycles. The number of hydrogen-bond acceptors (Lipinski definition) is 11. The summed E-state index contributed by atoms with van der Waals surface area (Å²) in [5, 5.41) is 73.2. The van der Waals surface area contributed by atoms with Gasteiger partial charge in [-0.25, -0.2) is 0 Å². The van der Waals surface area contributed by atoms with Crippen molar-refractivity contribution in [1.82, 2.24) is 0 Å². The Morgan fingerprint density at radius 2 is 1.63 bits per heavy atom. The highest BCUT2D eigenvalue weighted by atomic mass is 16.8. The number of aliphatic hydroxyl groups excluding tert-OH is 6. The Morgan fingerprint density at radius 3 is 2.26 bits per heavy atom. The average Bonchev–Trinajstić information content (AvgIpc) is 2.94. The van der Waals surface area contributed by atoms with Gasteiger partial charge in [-0.3, -0.25) is 0 Å². The van der Waals surface area contributed by atoms with Gasteiger partial charge in [-0.15, -0.1) is 6.58 Å². The first-order chi connectivity index (χ1) is 20.0. The largest absolute Gasteiger partial charge is 0.394 e. The van der Waals surface area contributed by atoms with Crippen LogP contribution in [0, 0.1) is 22.7 Å². The fourth-order valence-corrected chi connectivity index (χ4v) is 8.22. The third-order valence-electron chi connectivity index (χ3n) is 11.1. The predicted molar refractivity (Wildman–Crippen MR) is 156 cm³/mol. The van der Waals surface area contributed by atoms with Crippen LogP contribution in [0.5, 0.6) is 0 Å². The molecular formula is C32H54O11. The highest BCUT2D eigenvalue weighted by molar-refractivity contribution is 5.17. The van der Waals surface area contributed by atoms with E-state index in [1.807, 2.05) is 0 Å². The lowest BCUT2D eigenvalue weighted by molar-refractivity contribution is -0.375. The smallest absolute Gasteiger partial charge is 0.187 e. The number of allylic oxidation sites excluding steroid dienone is 1. The van der Waals surface area contributed by atoms with Crippen molar-refractivity contribution in [2.24, 2.45) is 22.7 Å². The molecule has 2 aliphatic heterocycles. The van der Waals surface area contributed by atoms with Gasteiger partial charge in [-0.1, -0.05) is 39.0 Å². The summed E-state index contributed by atoms with van der Waals surface area (Å²) in [5.74, 6) is 0.445. The molecule has 4 rings (SSSR count). The van der Waals surface area contributed by atoms with Crippen LogP contribution in [0.15, 0.2) is 24.8 Å². The molecule has 2 aliphatic carbocycles. The highest BCUT2D eigenvalue weighted by Gasteiger charge is 2.58. The van der Waals surface area contributed by atoms with E-state index in [2.05, 4.69) is 33.9 Å². The van der Waals surface area contributed by atoms with Crippen LogP contribution in [0.1, 0.15) is 73.1 Å². The summed E-state index contributed by atoms with van der Waals surface area (Å²) in [7, 11) is 0. The van der Waals surface area contributed by atoms with Crippen molar-refractivity contribution in [3.8, 4) is 0 Å². The van der Waals surface area contributed by atoms with Gasteiger partial charge in [0.05, 0.1) is 24.4 Å². The van der Waals surface area contributed by atoms with E-state index < -0.39 is 73.6 Å². The summed E-state index contributed by atoms with van der Waals surface area (Å²) in [5.41, 5.74) is -0.210. The van der Waals surface area contributed by atoms with E-state index in [-0.39, 0.29) is 28.8 Å². The summed E-state index contributed by atoms with van der Waals surface area (Å²) in [6.07, 6.45) is -7.76. The van der Waals surface area contributed by atoms with Gasteiger partial charge in [-0.2, -0.15) is 0 Å². The van der Waals surface area contributed by atoms with Crippen molar-refractivity contribution in [1.29, 1.82) is 0 Å². The molecule has 0 aromatic heterocycles. The summed E-state index contributed by atoms with van der Waals surface area (Å²) < 4.78 is 24.1. The van der Waals surface area contributed by atoms with Crippen LogP contribution in [0.25, 0.3) is 0 Å². The van der Waals surface area contributed by atoms with Crippen molar-refractivity contribution in [3.63, 3.8) is 0 Å². The molecule has 0 spiro atoms. The Morgan fingerprint density at radius 1 is 0.953 bits per heavy atom. The predicted octanol–water partition coefficient (Wildman–Crippen LogP) is 1.15. The molecule has 7 N–H and O–H groups in total. The van der Waals surface area contributed by atoms with Crippen LogP contribution in [0.4, 0.5) is 0 Å². The van der Waals surface area contributed by atoms with Gasteiger partial charge in [0.25, 0.3) is 0 Å². The molecule has 4 aliphatic rings. The Balaban J connectivity index is 1.56. The third-order valence-corrected chi connectivity index (χ3v) is 11.1. The van der Waals surface area contributed by atoms with Gasteiger partial charge in [0.15, 0.2) is 12.6 Å². The van der Waals surface area contributed by atoms with Crippen molar-refractivity contribution in [3.05, 3.63) is 24.8 Å². The van der Waals surface area contributed by atoms with E-state index in [0.29, 0.717) is 12.8 Å². The number of hydrogen-bond donors (Lipinski definition) is 7. The first-order valence-corrected chi connectivity index (χ1v) is 15.6. The first-order valence-electron chi connectivity index (χ1n) is 15.6. The zero-order valence-electron chi connectivity index (χ0n) is 26.2. The number of rotatable bonds is 9. The minimum atomic E-state index is -1.63. The van der Waals surface area contributed by atoms with E-state index in [0.717, 1.165) is 25.7 Å². The van der Waals surface area contributed by atoms with Crippen LogP contribution in [0.3, 0.4) is 0 Å². The quantitative estimate of drug-likeness (QED) is 0.146. The van der Waals surface area contributed by atoms with Crippen molar-refractivity contribution in [2.75, 3.05) is 6.61 Å². The van der Waals surface area contributed by atoms with Gasteiger partial charge in [0.1, 0.15) is 42.7 Å². The Kier molecular flexibility index (Phi) is 10.6. The van der Waals surface area contributed by atoms with E-state index in [1.54, 1.807) is 13.0 Å². The van der Waals surface area contributed by atoms with Gasteiger partial charge < -0.3 is 54.7 Å². The fraction of sp³-hybridized carbons (Fsp3) is 0.875. The molecule has 0 aromatic rings. The number of aliphatic hydroxyl groups is 7. The lowest BCUT2D eigenvalue weighted by Gasteiger charge is -2.61. The molecule has 2 heterocycles. The second-order valence-corrected chi connectivity index (χ2v) is 14.4. The van der Waals surface area contributed by atoms with Crippen LogP contribution in [-0.4, -0.2) is 115 Å². The molecule has 1 unspecified atom stereocenters. The van der Waals surface area contributed by atoms with E-state index in [1.165, 1.54) is 12.5 Å². The summed E-state index contributed by atoms with van der Waals surface area (Å²) in [6, 6.07) is 0. The van der Waals surface area contributed by atoms with E-state index in [9.17, 15) is 35.7 Å². The summed E-state index contributed by atoms with van der Waals surface area (Å²) >= 11 is 0. The zero-order chi connectivity index (χ0) is 32.1. The molecule has 11 heteroatoms. The average molecular weight is 615 g/mol. The van der Waals surface area contributed by atoms with Gasteiger partial charge in [0, 0.05) is 0 Å². The van der Waals surface area contributed by atoms with Gasteiger partial charge >= 0.3 is 0 Å². The molecule has 248 valence electrons. The van der Waals surface area contributed by atoms with Gasteiger partial charge in [-0.05, 0) is 75.0 Å². The maximum absolute atomic E-state index is 11.1. The van der Waals surface area contributed by atoms with Crippen LogP contribution in [0.2, 0.25) is 0 Å². The van der Waals surface area contributed by atoms with Crippen molar-refractivity contribution >= 4 is 0 Å². The maximum atomic E-state index is 11.1. The summed E-state index contributed by atoms with van der Waals surface area (Å²) in [4.78, 5) is 0. The third kappa shape index (κ3) is 6.64. The summed E-state index contributed by atoms with van der Waals surface area (Å²) in [6.45, 7) is 17.5. The molecule has 2 saturated heterocycles. The lowest BCUT2D eigenvalue weighted by Crippen LogP contribution is -2.65. The minimum absolute atomic E-state index is 0.0875. The van der Waals surface area contributed by atoms with Gasteiger partial charge in [0.2, 0.25) is 0 Å². The fourth-order valence-electron chi connectivity index (χ4n) is 8.22. The molecule has 0 bridgehead atoms. The molecule has 0 radical (unpaired) electrons. The van der Waals surface area contributed by atoms with E-state index in [4.69, 9.17) is 18.9 Å². The molecule has 4 fully saturated rings. The molecule has 43 heavy (non-hydrogen) atoms. The minimum Gasteiger partial charge on any atom is -0.394 e. The molecular weight excluding hydrogens is 560 g/mol. The monoisotopic (exact) mass is 614 g/mol. The highest BCUT2D eigenvalue weighted by Crippen LogP contribution is 2.62. The normalized spacial score (nSPS) is 48.3. The van der Waals surface area contributed by atoms with Crippen molar-refractivity contribution in [2.45, 2.75) is 146 Å². The number of ether oxygens (including phenoxy) is 4. The lowest BCUT2D eigenvalue weighted by atomic mass is 9.46. The number of fused-ring (bicyclic) bond motifs is 1. The molecule has 15 atom stereocenters. The zero-order valence-corrected chi connectivity index (χ0v) is 26.2. The Labute approximate surface area is 255 Å². The SMILES string of the molecule is C=C[C@@](C)(O)CC[C@H]1C(=C)CCC2C(C)(C)[C@@H](O[C@@H]3O[C@H](CO)[C@@H](O)[C@H](O)[C@H]3O[C@@H]3O[C@@H](C)[C@H](O)[C@@H](O)[C@H]3O)CC[C@@]21C. The van der Waals surface area contributed by atoms with Crippen molar-refractivity contribution < 1.29 is 54.7 Å². The van der Waals surface area contributed by atoms with Crippen LogP contribution >= 0.6 is 0 Å². The Bertz CT molecular complexity index is 986. The van der Waals surface area contributed by atoms with E-state index >= 15 is 0 Å². The Hall–Kier alpha value is -0.960. The maximum Gasteiger partial charge on any atom is 0.187 e.